The summed E-state index contributed by atoms with van der Waals surface area (Å²) in [5, 5.41) is 0. The molecule has 0 heterocycles. The molecule has 0 nitrogen and oxygen atoms in total. The molecule has 6 aliphatic carbocycles. The zero-order chi connectivity index (χ0) is 28.6. The Morgan fingerprint density at radius 2 is 0.512 bits per heavy atom. The summed E-state index contributed by atoms with van der Waals surface area (Å²) in [4.78, 5) is 0. The van der Waals surface area contributed by atoms with Gasteiger partial charge in [-0.05, 0) is 0 Å². The van der Waals surface area contributed by atoms with Crippen molar-refractivity contribution in [3.05, 3.63) is 212 Å². The van der Waals surface area contributed by atoms with Gasteiger partial charge in [0, 0.05) is 0 Å². The van der Waals surface area contributed by atoms with E-state index in [1.807, 2.05) is 109 Å². The van der Waals surface area contributed by atoms with E-state index in [2.05, 4.69) is 36.4 Å². The van der Waals surface area contributed by atoms with Gasteiger partial charge in [-0.15, -0.1) is 0 Å². The first-order valence-electron chi connectivity index (χ1n) is 15.1. The molecule has 0 radical (unpaired) electrons. The average Bonchev–Trinajstić information content (AvgIpc) is 3.07. The van der Waals surface area contributed by atoms with Gasteiger partial charge >= 0.3 is 254 Å². The van der Waals surface area contributed by atoms with Crippen molar-refractivity contribution >= 4 is 14.2 Å². The third-order valence-electron chi connectivity index (χ3n) is 11.0. The first-order valence-corrected chi connectivity index (χ1v) is 18.8. The predicted octanol–water partition coefficient (Wildman–Crippen LogP) is 9.13. The van der Waals surface area contributed by atoms with Gasteiger partial charge in [0.1, 0.15) is 0 Å². The van der Waals surface area contributed by atoms with Crippen LogP contribution >= 0.6 is 0 Å². The minimum atomic E-state index is -6.44. The fourth-order valence-corrected chi connectivity index (χ4v) is 18.0. The van der Waals surface area contributed by atoms with Gasteiger partial charge in [-0.1, -0.05) is 0 Å². The first kappa shape index (κ1) is 24.2. The zero-order valence-electron chi connectivity index (χ0n) is 23.3. The summed E-state index contributed by atoms with van der Waals surface area (Å²) >= 11 is -6.44. The molecule has 6 aromatic rings. The average molecular weight is 617 g/mol. The second kappa shape index (κ2) is 8.00. The molecule has 12 rings (SSSR count). The second-order valence-electron chi connectivity index (χ2n) is 12.5. The summed E-state index contributed by atoms with van der Waals surface area (Å²) in [5.41, 5.74) is 11.0. The number of hydrogen-bond donors (Lipinski definition) is 0. The maximum atomic E-state index is 19.8. The Bertz CT molecular complexity index is 1780. The van der Waals surface area contributed by atoms with Crippen molar-refractivity contribution in [2.24, 2.45) is 0 Å². The number of benzene rings is 6. The van der Waals surface area contributed by atoms with Gasteiger partial charge in [-0.2, -0.15) is 0 Å². The Labute approximate surface area is 253 Å². The minimum absolute atomic E-state index is 0.0462. The van der Waals surface area contributed by atoms with Crippen molar-refractivity contribution in [3.63, 3.8) is 0 Å². The van der Waals surface area contributed by atoms with Gasteiger partial charge < -0.3 is 0 Å². The Kier molecular flexibility index (Phi) is 4.50. The summed E-state index contributed by atoms with van der Waals surface area (Å²) in [6, 6.07) is 48.6. The fraction of sp³-hybridized carbons (Fsp3) is 0.100. The fourth-order valence-electron chi connectivity index (χ4n) is 9.71. The van der Waals surface area contributed by atoms with Crippen molar-refractivity contribution in [2.75, 3.05) is 0 Å². The molecule has 6 aromatic carbocycles. The van der Waals surface area contributed by atoms with Crippen LogP contribution < -0.4 is 0 Å². The van der Waals surface area contributed by atoms with E-state index in [-0.39, 0.29) is 11.8 Å². The van der Waals surface area contributed by atoms with E-state index in [0.29, 0.717) is 0 Å². The van der Waals surface area contributed by atoms with Crippen molar-refractivity contribution in [1.29, 1.82) is 0 Å². The Balaban J connectivity index is 1.46. The van der Waals surface area contributed by atoms with Gasteiger partial charge in [0.2, 0.25) is 0 Å². The van der Waals surface area contributed by atoms with Crippen LogP contribution in [0.2, 0.25) is 0 Å². The van der Waals surface area contributed by atoms with E-state index in [1.165, 1.54) is 0 Å². The van der Waals surface area contributed by atoms with Gasteiger partial charge in [0.05, 0.1) is 0 Å². The van der Waals surface area contributed by atoms with E-state index in [0.717, 1.165) is 66.8 Å². The molecule has 43 heavy (non-hydrogen) atoms. The SMILES string of the molecule is [F][Ge]([F])([C]12c3ccccc3C(c3ccccc31)c1ccccc12)[C]12c3ccccc3C(c3ccccc31)c1ccccc12. The van der Waals surface area contributed by atoms with E-state index in [1.54, 1.807) is 0 Å². The van der Waals surface area contributed by atoms with Crippen LogP contribution in [0.15, 0.2) is 146 Å². The Morgan fingerprint density at radius 1 is 0.326 bits per heavy atom. The summed E-state index contributed by atoms with van der Waals surface area (Å²) in [7, 11) is 0. The van der Waals surface area contributed by atoms with E-state index in [4.69, 9.17) is 0 Å². The number of halogens is 2. The van der Waals surface area contributed by atoms with Crippen LogP contribution in [0.5, 0.6) is 0 Å². The third-order valence-corrected chi connectivity index (χ3v) is 18.3. The van der Waals surface area contributed by atoms with Crippen LogP contribution in [-0.4, -0.2) is 14.2 Å². The molecular weight excluding hydrogens is 591 g/mol. The number of hydrogen-bond acceptors (Lipinski definition) is 0. The van der Waals surface area contributed by atoms with Crippen LogP contribution in [0, 0.1) is 0 Å². The molecule has 6 aliphatic rings. The van der Waals surface area contributed by atoms with Crippen LogP contribution in [0.3, 0.4) is 0 Å². The third kappa shape index (κ3) is 2.47. The summed E-state index contributed by atoms with van der Waals surface area (Å²) in [6.07, 6.45) is 0. The Morgan fingerprint density at radius 3 is 0.721 bits per heavy atom. The van der Waals surface area contributed by atoms with Gasteiger partial charge in [0.15, 0.2) is 0 Å². The molecule has 0 spiro atoms. The van der Waals surface area contributed by atoms with Gasteiger partial charge in [-0.25, -0.2) is 0 Å². The maximum absolute atomic E-state index is 19.8. The van der Waals surface area contributed by atoms with Crippen LogP contribution in [-0.2, 0) is 8.49 Å². The molecule has 3 heteroatoms. The van der Waals surface area contributed by atoms with E-state index < -0.39 is 22.7 Å². The van der Waals surface area contributed by atoms with Crippen molar-refractivity contribution in [1.82, 2.24) is 0 Å². The van der Waals surface area contributed by atoms with Crippen LogP contribution in [0.25, 0.3) is 0 Å². The van der Waals surface area contributed by atoms with Crippen molar-refractivity contribution in [3.8, 4) is 0 Å². The van der Waals surface area contributed by atoms with Gasteiger partial charge in [-0.3, -0.25) is 0 Å². The summed E-state index contributed by atoms with van der Waals surface area (Å²) in [5.74, 6) is -0.0924. The summed E-state index contributed by atoms with van der Waals surface area (Å²) in [6.45, 7) is 0. The molecule has 0 fully saturated rings. The quantitative estimate of drug-likeness (QED) is 0.170. The molecule has 4 bridgehead atoms. The predicted molar refractivity (Wildman–Crippen MR) is 168 cm³/mol. The normalized spacial score (nSPS) is 24.7. The Hall–Kier alpha value is -4.28. The number of rotatable bonds is 2. The van der Waals surface area contributed by atoms with Crippen LogP contribution in [0.1, 0.15) is 78.6 Å². The van der Waals surface area contributed by atoms with Gasteiger partial charge in [0.25, 0.3) is 0 Å². The monoisotopic (exact) mass is 618 g/mol. The molecule has 0 aliphatic heterocycles. The van der Waals surface area contributed by atoms with E-state index in [9.17, 15) is 0 Å². The first-order chi connectivity index (χ1) is 21.1. The molecule has 0 saturated heterocycles. The molecular formula is C40H26F2Ge. The molecule has 0 amide bonds. The van der Waals surface area contributed by atoms with Crippen LogP contribution in [0.4, 0.5) is 7.00 Å². The topological polar surface area (TPSA) is 0 Å². The molecule has 204 valence electrons. The second-order valence-corrected chi connectivity index (χ2v) is 18.0. The van der Waals surface area contributed by atoms with Crippen molar-refractivity contribution < 1.29 is 7.00 Å². The van der Waals surface area contributed by atoms with E-state index >= 15 is 7.00 Å². The molecule has 0 unspecified atom stereocenters. The molecule has 0 aromatic heterocycles. The molecule has 0 saturated carbocycles. The standard InChI is InChI=1S/C40H26F2Ge/c41-43(42,39-31-19-7-1-13-25(31)37(26-14-2-8-20-32(26)39)27-15-3-9-21-33(27)39)40-34-22-10-4-16-28(34)38(29-17-5-11-23-35(29)40)30-18-6-12-24-36(30)40/h1-24,37-38H. The molecule has 0 N–H and O–H groups in total. The summed E-state index contributed by atoms with van der Waals surface area (Å²) < 4.78 is 36.6. The van der Waals surface area contributed by atoms with Crippen molar-refractivity contribution in [2.45, 2.75) is 20.3 Å². The zero-order valence-corrected chi connectivity index (χ0v) is 25.4. The molecule has 0 atom stereocenters.